The van der Waals surface area contributed by atoms with E-state index in [1.54, 1.807) is 91.4 Å². The molecule has 0 aliphatic rings. The molecule has 2 aromatic heterocycles. The van der Waals surface area contributed by atoms with Crippen LogP contribution in [-0.4, -0.2) is 32.9 Å². The summed E-state index contributed by atoms with van der Waals surface area (Å²) in [4.78, 5) is 47.9. The predicted octanol–water partition coefficient (Wildman–Crippen LogP) is 5.40. The lowest BCUT2D eigenvalue weighted by Gasteiger charge is -2.15. The molecule has 4 aromatic rings. The number of hydrogen-bond acceptors (Lipinski definition) is 6. The Bertz CT molecular complexity index is 1450. The van der Waals surface area contributed by atoms with Gasteiger partial charge in [0.2, 0.25) is 5.91 Å². The molecule has 8 nitrogen and oxygen atoms in total. The molecule has 3 amide bonds. The second-order valence-corrected chi connectivity index (χ2v) is 9.64. The fourth-order valence-corrected chi connectivity index (χ4v) is 4.56. The highest BCUT2D eigenvalue weighted by atomic mass is 32.2. The zero-order valence-corrected chi connectivity index (χ0v) is 22.0. The molecular weight excluding hydrogens is 510 g/mol. The number of aromatic nitrogens is 2. The van der Waals surface area contributed by atoms with Crippen LogP contribution >= 0.6 is 11.8 Å². The van der Waals surface area contributed by atoms with Gasteiger partial charge in [-0.25, -0.2) is 4.98 Å². The molecule has 0 saturated heterocycles. The first-order valence-electron chi connectivity index (χ1n) is 12.3. The zero-order chi connectivity index (χ0) is 27.5. The molecule has 0 radical (unpaired) electrons. The first-order valence-corrected chi connectivity index (χ1v) is 13.2. The van der Waals surface area contributed by atoms with E-state index in [1.165, 1.54) is 11.8 Å². The number of nitrogens with zero attached hydrogens (tertiary/aromatic N) is 2. The van der Waals surface area contributed by atoms with Gasteiger partial charge in [0.05, 0.1) is 5.25 Å². The standard InChI is InChI=1S/C30H27N5O3S/c1-2-26(30(38)35-27-15-6-7-17-32-27)39-24-14-8-13-23(19-24)33-29(37)25(18-21-10-9-16-31-20-21)34-28(36)22-11-4-3-5-12-22/h3-20,26H,2H2,1H3,(H,33,37)(H,34,36)(H,32,35,38)/b25-18-. The van der Waals surface area contributed by atoms with Crippen LogP contribution in [0.1, 0.15) is 29.3 Å². The Hall–Kier alpha value is -4.76. The summed E-state index contributed by atoms with van der Waals surface area (Å²) in [6.45, 7) is 1.94. The third-order valence-corrected chi connectivity index (χ3v) is 6.83. The summed E-state index contributed by atoms with van der Waals surface area (Å²) in [6, 6.07) is 24.7. The van der Waals surface area contributed by atoms with Gasteiger partial charge < -0.3 is 16.0 Å². The summed E-state index contributed by atoms with van der Waals surface area (Å²) >= 11 is 1.39. The molecule has 3 N–H and O–H groups in total. The summed E-state index contributed by atoms with van der Waals surface area (Å²) in [6.07, 6.45) is 7.01. The minimum absolute atomic E-state index is 0.0658. The van der Waals surface area contributed by atoms with Gasteiger partial charge in [-0.05, 0) is 66.6 Å². The lowest BCUT2D eigenvalue weighted by atomic mass is 10.2. The van der Waals surface area contributed by atoms with E-state index in [0.717, 1.165) is 4.90 Å². The minimum Gasteiger partial charge on any atom is -0.321 e. The molecule has 1 atom stereocenters. The molecule has 0 spiro atoms. The maximum absolute atomic E-state index is 13.3. The van der Waals surface area contributed by atoms with Gasteiger partial charge in [-0.1, -0.05) is 43.3 Å². The van der Waals surface area contributed by atoms with Crippen LogP contribution in [0.5, 0.6) is 0 Å². The molecular formula is C30H27N5O3S. The number of pyridine rings is 2. The quantitative estimate of drug-likeness (QED) is 0.185. The Morgan fingerprint density at radius 2 is 1.72 bits per heavy atom. The Balaban J connectivity index is 1.48. The molecule has 2 aromatic carbocycles. The molecule has 9 heteroatoms. The SMILES string of the molecule is CCC(Sc1cccc(NC(=O)/C(=C/c2cccnc2)NC(=O)c2ccccc2)c1)C(=O)Nc1ccccn1. The van der Waals surface area contributed by atoms with E-state index in [9.17, 15) is 14.4 Å². The molecule has 196 valence electrons. The average Bonchev–Trinajstić information content (AvgIpc) is 2.97. The monoisotopic (exact) mass is 537 g/mol. The predicted molar refractivity (Wildman–Crippen MR) is 154 cm³/mol. The molecule has 39 heavy (non-hydrogen) atoms. The van der Waals surface area contributed by atoms with Crippen molar-refractivity contribution in [3.05, 3.63) is 120 Å². The van der Waals surface area contributed by atoms with Crippen molar-refractivity contribution in [3.63, 3.8) is 0 Å². The van der Waals surface area contributed by atoms with Crippen LogP contribution in [0.25, 0.3) is 6.08 Å². The van der Waals surface area contributed by atoms with Gasteiger partial charge in [0, 0.05) is 34.7 Å². The highest BCUT2D eigenvalue weighted by Crippen LogP contribution is 2.28. The number of carbonyl (C=O) groups excluding carboxylic acids is 3. The summed E-state index contributed by atoms with van der Waals surface area (Å²) in [7, 11) is 0. The second-order valence-electron chi connectivity index (χ2n) is 8.37. The Morgan fingerprint density at radius 1 is 0.897 bits per heavy atom. The Morgan fingerprint density at radius 3 is 2.44 bits per heavy atom. The van der Waals surface area contributed by atoms with Crippen molar-refractivity contribution in [2.45, 2.75) is 23.5 Å². The van der Waals surface area contributed by atoms with Crippen LogP contribution in [0.3, 0.4) is 0 Å². The molecule has 1 unspecified atom stereocenters. The van der Waals surface area contributed by atoms with Crippen molar-refractivity contribution in [2.24, 2.45) is 0 Å². The van der Waals surface area contributed by atoms with Crippen molar-refractivity contribution in [1.29, 1.82) is 0 Å². The van der Waals surface area contributed by atoms with E-state index in [0.29, 0.717) is 29.1 Å². The maximum Gasteiger partial charge on any atom is 0.272 e. The van der Waals surface area contributed by atoms with Crippen LogP contribution in [0.15, 0.2) is 114 Å². The van der Waals surface area contributed by atoms with E-state index in [2.05, 4.69) is 25.9 Å². The van der Waals surface area contributed by atoms with Crippen LogP contribution in [-0.2, 0) is 9.59 Å². The second kappa shape index (κ2) is 13.7. The Labute approximate surface area is 231 Å². The van der Waals surface area contributed by atoms with Crippen molar-refractivity contribution >= 4 is 47.1 Å². The van der Waals surface area contributed by atoms with Crippen LogP contribution in [0.4, 0.5) is 11.5 Å². The number of hydrogen-bond donors (Lipinski definition) is 3. The van der Waals surface area contributed by atoms with Crippen molar-refractivity contribution in [3.8, 4) is 0 Å². The van der Waals surface area contributed by atoms with Crippen LogP contribution < -0.4 is 16.0 Å². The molecule has 0 fully saturated rings. The average molecular weight is 538 g/mol. The van der Waals surface area contributed by atoms with E-state index in [1.807, 2.05) is 25.1 Å². The summed E-state index contributed by atoms with van der Waals surface area (Å²) in [5, 5.41) is 8.05. The van der Waals surface area contributed by atoms with Gasteiger partial charge in [0.15, 0.2) is 0 Å². The lowest BCUT2D eigenvalue weighted by Crippen LogP contribution is -2.30. The summed E-state index contributed by atoms with van der Waals surface area (Å²) < 4.78 is 0. The van der Waals surface area contributed by atoms with Gasteiger partial charge in [-0.2, -0.15) is 0 Å². The molecule has 0 saturated carbocycles. The van der Waals surface area contributed by atoms with Gasteiger partial charge >= 0.3 is 0 Å². The number of anilines is 2. The maximum atomic E-state index is 13.3. The normalized spacial score (nSPS) is 11.8. The number of nitrogens with one attached hydrogen (secondary N) is 3. The van der Waals surface area contributed by atoms with E-state index in [4.69, 9.17) is 0 Å². The summed E-state index contributed by atoms with van der Waals surface area (Å²) in [5.41, 5.74) is 1.67. The number of rotatable bonds is 10. The largest absolute Gasteiger partial charge is 0.321 e. The van der Waals surface area contributed by atoms with Gasteiger partial charge in [0.1, 0.15) is 11.5 Å². The lowest BCUT2D eigenvalue weighted by molar-refractivity contribution is -0.116. The molecule has 0 aliphatic carbocycles. The number of carbonyl (C=O) groups is 3. The van der Waals surface area contributed by atoms with Gasteiger partial charge in [0.25, 0.3) is 11.8 Å². The topological polar surface area (TPSA) is 113 Å². The fourth-order valence-electron chi connectivity index (χ4n) is 3.55. The highest BCUT2D eigenvalue weighted by molar-refractivity contribution is 8.00. The Kier molecular flexibility index (Phi) is 9.57. The zero-order valence-electron chi connectivity index (χ0n) is 21.2. The first kappa shape index (κ1) is 27.3. The molecule has 2 heterocycles. The summed E-state index contributed by atoms with van der Waals surface area (Å²) in [5.74, 6) is -0.561. The first-order chi connectivity index (χ1) is 19.0. The van der Waals surface area contributed by atoms with Gasteiger partial charge in [-0.3, -0.25) is 19.4 Å². The van der Waals surface area contributed by atoms with E-state index in [-0.39, 0.29) is 16.9 Å². The van der Waals surface area contributed by atoms with Crippen molar-refractivity contribution in [2.75, 3.05) is 10.6 Å². The van der Waals surface area contributed by atoms with Crippen molar-refractivity contribution < 1.29 is 14.4 Å². The van der Waals surface area contributed by atoms with Gasteiger partial charge in [-0.15, -0.1) is 11.8 Å². The molecule has 0 bridgehead atoms. The smallest absolute Gasteiger partial charge is 0.272 e. The van der Waals surface area contributed by atoms with Crippen LogP contribution in [0.2, 0.25) is 0 Å². The number of benzene rings is 2. The third-order valence-electron chi connectivity index (χ3n) is 5.47. The third kappa shape index (κ3) is 8.11. The van der Waals surface area contributed by atoms with E-state index < -0.39 is 11.8 Å². The number of thioether (sulfide) groups is 1. The highest BCUT2D eigenvalue weighted by Gasteiger charge is 2.19. The number of amides is 3. The molecule has 4 rings (SSSR count). The van der Waals surface area contributed by atoms with Crippen molar-refractivity contribution in [1.82, 2.24) is 15.3 Å². The fraction of sp³-hybridized carbons (Fsp3) is 0.100. The van der Waals surface area contributed by atoms with E-state index >= 15 is 0 Å². The molecule has 0 aliphatic heterocycles. The van der Waals surface area contributed by atoms with Crippen LogP contribution in [0, 0.1) is 0 Å². The minimum atomic E-state index is -0.495.